The molecule has 3 rings (SSSR count). The molecule has 1 fully saturated rings. The van der Waals surface area contributed by atoms with Crippen molar-refractivity contribution in [2.75, 3.05) is 12.3 Å². The SMILES string of the molecule is NC(=O)OC[C@@H]1[C@H](NC(=O)/C(=N\OCc2nnn[nH]2)c2csc(N)n2)C(=O)N1S(=O)(=O)O.[NaH].[NaH]. The zero-order valence-electron chi connectivity index (χ0n) is 15.6. The monoisotopic (exact) mass is 538 g/mol. The first-order chi connectivity index (χ1) is 15.1. The Morgan fingerprint density at radius 3 is 2.62 bits per heavy atom. The molecule has 2 aromatic rings. The number of H-pyrrole nitrogens is 1. The number of hydrogen-bond donors (Lipinski definition) is 5. The van der Waals surface area contributed by atoms with Crippen LogP contribution in [0.2, 0.25) is 0 Å². The van der Waals surface area contributed by atoms with E-state index in [9.17, 15) is 27.4 Å². The average molecular weight is 538 g/mol. The molecule has 0 radical (unpaired) electrons. The first-order valence-corrected chi connectivity index (χ1v) is 10.5. The Morgan fingerprint density at radius 1 is 1.38 bits per heavy atom. The fourth-order valence-electron chi connectivity index (χ4n) is 2.50. The second-order valence-corrected chi connectivity index (χ2v) is 8.07. The number of oxime groups is 1. The van der Waals surface area contributed by atoms with Crippen LogP contribution in [0.3, 0.4) is 0 Å². The fourth-order valence-corrected chi connectivity index (χ4v) is 3.91. The van der Waals surface area contributed by atoms with Crippen molar-refractivity contribution in [3.05, 3.63) is 16.9 Å². The molecule has 176 valence electrons. The molecular weight excluding hydrogens is 522 g/mol. The third kappa shape index (κ3) is 7.29. The molecule has 3 amide bonds. The topological polar surface area (TPSA) is 271 Å². The number of aromatic nitrogens is 5. The van der Waals surface area contributed by atoms with Crippen LogP contribution in [-0.2, 0) is 36.1 Å². The van der Waals surface area contributed by atoms with E-state index in [0.29, 0.717) is 0 Å². The molecule has 34 heavy (non-hydrogen) atoms. The summed E-state index contributed by atoms with van der Waals surface area (Å²) in [6, 6.07) is -2.97. The number of thiazole rings is 1. The Morgan fingerprint density at radius 2 is 2.09 bits per heavy atom. The van der Waals surface area contributed by atoms with Gasteiger partial charge in [-0.05, 0) is 10.4 Å². The van der Waals surface area contributed by atoms with E-state index in [1.165, 1.54) is 5.38 Å². The van der Waals surface area contributed by atoms with Crippen molar-refractivity contribution in [2.45, 2.75) is 18.7 Å². The minimum absolute atomic E-state index is 0. The van der Waals surface area contributed by atoms with E-state index in [2.05, 4.69) is 40.8 Å². The Bertz CT molecular complexity index is 1160. The summed E-state index contributed by atoms with van der Waals surface area (Å²) in [5.41, 5.74) is 9.99. The van der Waals surface area contributed by atoms with Gasteiger partial charge < -0.3 is 26.4 Å². The molecule has 18 nitrogen and oxygen atoms in total. The number of amides is 3. The second kappa shape index (κ2) is 12.7. The number of ether oxygens (including phenoxy) is 1. The number of primary amides is 1. The normalized spacial score (nSPS) is 17.6. The molecule has 22 heteroatoms. The van der Waals surface area contributed by atoms with Gasteiger partial charge in [0, 0.05) is 5.38 Å². The first-order valence-electron chi connectivity index (χ1n) is 8.25. The number of nitrogens with one attached hydrogen (secondary N) is 2. The molecule has 0 unspecified atom stereocenters. The summed E-state index contributed by atoms with van der Waals surface area (Å²) in [6.07, 6.45) is -1.26. The van der Waals surface area contributed by atoms with Gasteiger partial charge in [-0.15, -0.1) is 16.4 Å². The molecule has 1 saturated heterocycles. The number of carbonyl (C=O) groups is 3. The number of anilines is 1. The van der Waals surface area contributed by atoms with E-state index in [1.54, 1.807) is 0 Å². The zero-order chi connectivity index (χ0) is 23.5. The summed E-state index contributed by atoms with van der Waals surface area (Å²) < 4.78 is 36.6. The maximum absolute atomic E-state index is 12.8. The van der Waals surface area contributed by atoms with Crippen LogP contribution in [0.5, 0.6) is 0 Å². The molecule has 0 bridgehead atoms. The molecule has 2 atom stereocenters. The van der Waals surface area contributed by atoms with Gasteiger partial charge in [-0.3, -0.25) is 14.1 Å². The number of nitrogen functional groups attached to an aromatic ring is 1. The molecule has 1 aliphatic rings. The van der Waals surface area contributed by atoms with Crippen LogP contribution in [0.1, 0.15) is 11.5 Å². The average Bonchev–Trinajstić information content (AvgIpc) is 3.36. The van der Waals surface area contributed by atoms with E-state index < -0.39 is 52.6 Å². The predicted octanol–water partition coefficient (Wildman–Crippen LogP) is -4.54. The molecule has 0 saturated carbocycles. The summed E-state index contributed by atoms with van der Waals surface area (Å²) in [5, 5.41) is 20.0. The van der Waals surface area contributed by atoms with Crippen LogP contribution < -0.4 is 16.8 Å². The molecular formula is C12H16N10Na2O8S2. The van der Waals surface area contributed by atoms with Gasteiger partial charge in [0.1, 0.15) is 24.4 Å². The van der Waals surface area contributed by atoms with Gasteiger partial charge in [-0.2, -0.15) is 8.42 Å². The summed E-state index contributed by atoms with van der Waals surface area (Å²) in [7, 11) is -4.99. The summed E-state index contributed by atoms with van der Waals surface area (Å²) in [5.74, 6) is -2.01. The van der Waals surface area contributed by atoms with E-state index in [4.69, 9.17) is 16.3 Å². The van der Waals surface area contributed by atoms with E-state index in [1.807, 2.05) is 0 Å². The van der Waals surface area contributed by atoms with Crippen LogP contribution in [0.4, 0.5) is 9.93 Å². The number of carbonyl (C=O) groups excluding carboxylic acids is 3. The quantitative estimate of drug-likeness (QED) is 0.0662. The number of hydrogen-bond acceptors (Lipinski definition) is 14. The van der Waals surface area contributed by atoms with Crippen molar-refractivity contribution in [3.63, 3.8) is 0 Å². The van der Waals surface area contributed by atoms with Crippen LogP contribution >= 0.6 is 11.3 Å². The number of nitrogens with two attached hydrogens (primary N) is 2. The maximum atomic E-state index is 12.8. The van der Waals surface area contributed by atoms with Gasteiger partial charge in [-0.25, -0.2) is 19.2 Å². The van der Waals surface area contributed by atoms with Crippen LogP contribution in [0.15, 0.2) is 10.5 Å². The Balaban J connectivity index is 0.00000289. The van der Waals surface area contributed by atoms with Crippen molar-refractivity contribution in [1.29, 1.82) is 0 Å². The van der Waals surface area contributed by atoms with Gasteiger partial charge in [0.2, 0.25) is 0 Å². The van der Waals surface area contributed by atoms with Gasteiger partial charge in [0.05, 0.1) is 0 Å². The molecule has 0 aliphatic carbocycles. The van der Waals surface area contributed by atoms with Crippen LogP contribution in [-0.4, -0.2) is 144 Å². The number of nitrogens with zero attached hydrogens (tertiary/aromatic N) is 6. The summed E-state index contributed by atoms with van der Waals surface area (Å²) >= 11 is 0.989. The minimum atomic E-state index is -4.99. The Hall–Kier alpha value is -1.91. The zero-order valence-corrected chi connectivity index (χ0v) is 17.2. The van der Waals surface area contributed by atoms with Crippen molar-refractivity contribution >= 4 is 110 Å². The molecule has 2 aromatic heterocycles. The van der Waals surface area contributed by atoms with Crippen LogP contribution in [0.25, 0.3) is 0 Å². The van der Waals surface area contributed by atoms with Crippen molar-refractivity contribution in [1.82, 2.24) is 35.2 Å². The van der Waals surface area contributed by atoms with Gasteiger partial charge in [0.15, 0.2) is 23.3 Å². The van der Waals surface area contributed by atoms with Crippen molar-refractivity contribution in [3.8, 4) is 0 Å². The number of rotatable bonds is 9. The van der Waals surface area contributed by atoms with Crippen LogP contribution in [0, 0.1) is 0 Å². The van der Waals surface area contributed by atoms with E-state index >= 15 is 0 Å². The van der Waals surface area contributed by atoms with Gasteiger partial charge in [-0.1, -0.05) is 5.16 Å². The molecule has 7 N–H and O–H groups in total. The van der Waals surface area contributed by atoms with Gasteiger partial charge in [0.25, 0.3) is 11.8 Å². The van der Waals surface area contributed by atoms with E-state index in [-0.39, 0.29) is 86.7 Å². The predicted molar refractivity (Wildman–Crippen MR) is 116 cm³/mol. The molecule has 3 heterocycles. The third-order valence-electron chi connectivity index (χ3n) is 3.83. The van der Waals surface area contributed by atoms with Gasteiger partial charge >= 0.3 is 75.5 Å². The summed E-state index contributed by atoms with van der Waals surface area (Å²) in [4.78, 5) is 44.8. The second-order valence-electron chi connectivity index (χ2n) is 5.89. The molecule has 1 aliphatic heterocycles. The Kier molecular flexibility index (Phi) is 11.2. The standard InChI is InChI=1S/C12H14N10O8S2.2Na.2H/c13-11-15-4(3-31-11)7(19-30-2-6-17-20-21-18-6)9(23)16-8-5(1-29-12(14)25)22(10(8)24)32(26,27)28;;;;/h3,5,8H,1-2H2,(H2,13,15)(H2,14,25)(H,16,23)(H,26,27,28)(H,17,18,20,21);;;;/b19-7-;;;;/t5-,8+;;;;/m1..../s1. The first kappa shape index (κ1) is 30.1. The summed E-state index contributed by atoms with van der Waals surface area (Å²) in [6.45, 7) is -0.978. The Labute approximate surface area is 238 Å². The van der Waals surface area contributed by atoms with Crippen molar-refractivity contribution in [2.24, 2.45) is 10.9 Å². The molecule has 0 spiro atoms. The van der Waals surface area contributed by atoms with Crippen molar-refractivity contribution < 1.29 is 36.9 Å². The number of tetrazole rings is 1. The number of β-lactam (4-membered cyclic amide) rings is 1. The van der Waals surface area contributed by atoms with E-state index in [0.717, 1.165) is 11.3 Å². The third-order valence-corrected chi connectivity index (χ3v) is 5.45. The number of aromatic amines is 1. The fraction of sp³-hybridized carbons (Fsp3) is 0.333. The molecule has 0 aromatic carbocycles.